The van der Waals surface area contributed by atoms with Gasteiger partial charge < -0.3 is 10.2 Å². The zero-order valence-corrected chi connectivity index (χ0v) is 12.6. The van der Waals surface area contributed by atoms with Gasteiger partial charge in [-0.25, -0.2) is 0 Å². The summed E-state index contributed by atoms with van der Waals surface area (Å²) in [5.41, 5.74) is 0.819. The lowest BCUT2D eigenvalue weighted by molar-refractivity contribution is 0.0674. The first-order valence-electron chi connectivity index (χ1n) is 7.42. The van der Waals surface area contributed by atoms with Gasteiger partial charge in [0, 0.05) is 24.7 Å². The van der Waals surface area contributed by atoms with Gasteiger partial charge in [-0.3, -0.25) is 4.79 Å². The summed E-state index contributed by atoms with van der Waals surface area (Å²) in [5, 5.41) is 3.60. The summed E-state index contributed by atoms with van der Waals surface area (Å²) >= 11 is 0. The fourth-order valence-electron chi connectivity index (χ4n) is 3.38. The third-order valence-electron chi connectivity index (χ3n) is 4.52. The first kappa shape index (κ1) is 15.3. The lowest BCUT2D eigenvalue weighted by atomic mass is 9.88. The molecule has 110 valence electrons. The van der Waals surface area contributed by atoms with Gasteiger partial charge >= 0.3 is 0 Å². The van der Waals surface area contributed by atoms with Crippen molar-refractivity contribution < 1.29 is 4.79 Å². The van der Waals surface area contributed by atoms with Crippen molar-refractivity contribution in [3.63, 3.8) is 0 Å². The number of hydrogen-bond acceptors (Lipinski definition) is 2. The quantitative estimate of drug-likeness (QED) is 0.909. The largest absolute Gasteiger partial charge is 0.339 e. The molecule has 4 heteroatoms. The number of carbonyl (C=O) groups is 1. The zero-order valence-electron chi connectivity index (χ0n) is 11.8. The summed E-state index contributed by atoms with van der Waals surface area (Å²) in [6.45, 7) is 3.00. The third-order valence-corrected chi connectivity index (χ3v) is 4.52. The average molecular weight is 295 g/mol. The van der Waals surface area contributed by atoms with Crippen molar-refractivity contribution in [2.75, 3.05) is 19.6 Å². The Morgan fingerprint density at radius 3 is 2.40 bits per heavy atom. The van der Waals surface area contributed by atoms with Crippen LogP contribution >= 0.6 is 12.4 Å². The molecule has 0 radical (unpaired) electrons. The fraction of sp³-hybridized carbons (Fsp3) is 0.562. The van der Waals surface area contributed by atoms with E-state index in [-0.39, 0.29) is 18.3 Å². The molecule has 1 aromatic carbocycles. The van der Waals surface area contributed by atoms with E-state index in [1.165, 1.54) is 19.4 Å². The number of likely N-dealkylation sites (tertiary alicyclic amines) is 1. The van der Waals surface area contributed by atoms with Crippen molar-refractivity contribution >= 4 is 18.3 Å². The van der Waals surface area contributed by atoms with Gasteiger partial charge in [0.1, 0.15) is 0 Å². The Hall–Kier alpha value is -1.06. The van der Waals surface area contributed by atoms with Crippen LogP contribution in [0.5, 0.6) is 0 Å². The van der Waals surface area contributed by atoms with E-state index in [2.05, 4.69) is 5.32 Å². The van der Waals surface area contributed by atoms with E-state index in [4.69, 9.17) is 0 Å². The van der Waals surface area contributed by atoms with E-state index in [0.29, 0.717) is 6.04 Å². The smallest absolute Gasteiger partial charge is 0.253 e. The number of hydrogen-bond donors (Lipinski definition) is 1. The Morgan fingerprint density at radius 1 is 1.10 bits per heavy atom. The number of nitrogens with one attached hydrogen (secondary N) is 1. The molecule has 3 rings (SSSR count). The average Bonchev–Trinajstić information content (AvgIpc) is 3.02. The van der Waals surface area contributed by atoms with Gasteiger partial charge in [-0.05, 0) is 50.3 Å². The van der Waals surface area contributed by atoms with Crippen LogP contribution in [-0.2, 0) is 0 Å². The summed E-state index contributed by atoms with van der Waals surface area (Å²) in [5.74, 6) is 0.959. The van der Waals surface area contributed by atoms with Crippen molar-refractivity contribution in [2.45, 2.75) is 31.7 Å². The van der Waals surface area contributed by atoms with Crippen LogP contribution in [0.3, 0.4) is 0 Å². The molecule has 0 aromatic heterocycles. The molecule has 0 spiro atoms. The molecule has 2 heterocycles. The molecule has 2 saturated heterocycles. The molecule has 0 aliphatic carbocycles. The minimum Gasteiger partial charge on any atom is -0.339 e. The molecule has 2 aliphatic rings. The summed E-state index contributed by atoms with van der Waals surface area (Å²) in [7, 11) is 0. The van der Waals surface area contributed by atoms with Crippen LogP contribution in [0.4, 0.5) is 0 Å². The minimum atomic E-state index is 0. The Morgan fingerprint density at radius 2 is 1.80 bits per heavy atom. The standard InChI is InChI=1S/C16H22N2O.ClH/c19-16(14-5-2-1-3-6-14)18-11-8-13(9-12-18)15-7-4-10-17-15;/h1-3,5-6,13,15,17H,4,7-12H2;1H. The molecule has 1 aromatic rings. The van der Waals surface area contributed by atoms with Gasteiger partial charge in [-0.15, -0.1) is 12.4 Å². The molecule has 1 N–H and O–H groups in total. The molecule has 1 unspecified atom stereocenters. The molecule has 20 heavy (non-hydrogen) atoms. The van der Waals surface area contributed by atoms with Gasteiger partial charge in [-0.2, -0.15) is 0 Å². The van der Waals surface area contributed by atoms with Crippen LogP contribution in [0.25, 0.3) is 0 Å². The van der Waals surface area contributed by atoms with Crippen LogP contribution in [0, 0.1) is 5.92 Å². The normalized spacial score (nSPS) is 23.4. The maximum atomic E-state index is 12.3. The number of carbonyl (C=O) groups excluding carboxylic acids is 1. The molecule has 0 saturated carbocycles. The molecule has 0 bridgehead atoms. The summed E-state index contributed by atoms with van der Waals surface area (Å²) in [6.07, 6.45) is 4.93. The first-order chi connectivity index (χ1) is 9.34. The summed E-state index contributed by atoms with van der Waals surface area (Å²) < 4.78 is 0. The van der Waals surface area contributed by atoms with Crippen LogP contribution < -0.4 is 5.32 Å². The van der Waals surface area contributed by atoms with E-state index in [9.17, 15) is 4.79 Å². The number of amides is 1. The van der Waals surface area contributed by atoms with Crippen molar-refractivity contribution in [2.24, 2.45) is 5.92 Å². The summed E-state index contributed by atoms with van der Waals surface area (Å²) in [4.78, 5) is 14.4. The molecule has 2 fully saturated rings. The van der Waals surface area contributed by atoms with Gasteiger partial charge in [-0.1, -0.05) is 18.2 Å². The second kappa shape index (κ2) is 7.09. The maximum absolute atomic E-state index is 12.3. The van der Waals surface area contributed by atoms with E-state index in [1.807, 2.05) is 35.2 Å². The molecular weight excluding hydrogens is 272 g/mol. The number of benzene rings is 1. The topological polar surface area (TPSA) is 32.3 Å². The highest BCUT2D eigenvalue weighted by Gasteiger charge is 2.29. The van der Waals surface area contributed by atoms with Crippen molar-refractivity contribution in [1.82, 2.24) is 10.2 Å². The number of rotatable bonds is 2. The van der Waals surface area contributed by atoms with Gasteiger partial charge in [0.15, 0.2) is 0 Å². The van der Waals surface area contributed by atoms with Gasteiger partial charge in [0.2, 0.25) is 0 Å². The van der Waals surface area contributed by atoms with Crippen LogP contribution in [-0.4, -0.2) is 36.5 Å². The molecule has 1 atom stereocenters. The van der Waals surface area contributed by atoms with Crippen molar-refractivity contribution in [3.05, 3.63) is 35.9 Å². The Balaban J connectivity index is 0.00000147. The van der Waals surface area contributed by atoms with Crippen LogP contribution in [0.2, 0.25) is 0 Å². The molecule has 1 amide bonds. The second-order valence-corrected chi connectivity index (χ2v) is 5.70. The molecule has 2 aliphatic heterocycles. The Kier molecular flexibility index (Phi) is 5.44. The van der Waals surface area contributed by atoms with Crippen LogP contribution in [0.1, 0.15) is 36.0 Å². The van der Waals surface area contributed by atoms with E-state index in [0.717, 1.165) is 37.4 Å². The highest BCUT2D eigenvalue weighted by atomic mass is 35.5. The lowest BCUT2D eigenvalue weighted by Crippen LogP contribution is -2.43. The van der Waals surface area contributed by atoms with Crippen molar-refractivity contribution in [1.29, 1.82) is 0 Å². The zero-order chi connectivity index (χ0) is 13.1. The third kappa shape index (κ3) is 3.33. The predicted molar refractivity (Wildman–Crippen MR) is 83.3 cm³/mol. The SMILES string of the molecule is Cl.O=C(c1ccccc1)N1CCC(C2CCCN2)CC1. The molecule has 3 nitrogen and oxygen atoms in total. The molecular formula is C16H23ClN2O. The first-order valence-corrected chi connectivity index (χ1v) is 7.42. The lowest BCUT2D eigenvalue weighted by Gasteiger charge is -2.35. The second-order valence-electron chi connectivity index (χ2n) is 5.70. The monoisotopic (exact) mass is 294 g/mol. The Labute approximate surface area is 127 Å². The number of nitrogens with zero attached hydrogens (tertiary/aromatic N) is 1. The minimum absolute atomic E-state index is 0. The highest BCUT2D eigenvalue weighted by Crippen LogP contribution is 2.26. The predicted octanol–water partition coefficient (Wildman–Crippen LogP) is 2.71. The number of halogens is 1. The maximum Gasteiger partial charge on any atom is 0.253 e. The van der Waals surface area contributed by atoms with Crippen molar-refractivity contribution in [3.8, 4) is 0 Å². The fourth-order valence-corrected chi connectivity index (χ4v) is 3.38. The summed E-state index contributed by atoms with van der Waals surface area (Å²) in [6, 6.07) is 10.3. The highest BCUT2D eigenvalue weighted by molar-refractivity contribution is 5.94. The number of piperidine rings is 1. The van der Waals surface area contributed by atoms with E-state index in [1.54, 1.807) is 0 Å². The Bertz CT molecular complexity index is 423. The van der Waals surface area contributed by atoms with Gasteiger partial charge in [0.25, 0.3) is 5.91 Å². The van der Waals surface area contributed by atoms with E-state index < -0.39 is 0 Å². The van der Waals surface area contributed by atoms with Gasteiger partial charge in [0.05, 0.1) is 0 Å². The van der Waals surface area contributed by atoms with E-state index >= 15 is 0 Å². The van der Waals surface area contributed by atoms with Crippen LogP contribution in [0.15, 0.2) is 30.3 Å².